The fourth-order valence-corrected chi connectivity index (χ4v) is 3.70. The van der Waals surface area contributed by atoms with Crippen LogP contribution in [0.1, 0.15) is 18.3 Å². The van der Waals surface area contributed by atoms with Crippen LogP contribution >= 0.6 is 7.75 Å². The second-order valence-corrected chi connectivity index (χ2v) is 8.15. The van der Waals surface area contributed by atoms with Crippen LogP contribution in [0, 0.1) is 0 Å². The van der Waals surface area contributed by atoms with Gasteiger partial charge in [0.15, 0.2) is 0 Å². The Bertz CT molecular complexity index is 1040. The lowest BCUT2D eigenvalue weighted by Crippen LogP contribution is -2.41. The van der Waals surface area contributed by atoms with E-state index < -0.39 is 56.0 Å². The SMILES string of the molecule is N[C@@H](Cc1cnc[nH]1)C(=O)NP(=O)(O)OC[C@H]1O[C@H](n2ccc(=O)[nH]c2=O)C[C@@H]1O. The van der Waals surface area contributed by atoms with E-state index in [9.17, 15) is 28.9 Å². The van der Waals surface area contributed by atoms with E-state index in [2.05, 4.69) is 15.0 Å². The summed E-state index contributed by atoms with van der Waals surface area (Å²) >= 11 is 0. The summed E-state index contributed by atoms with van der Waals surface area (Å²) in [6.45, 7) is -0.542. The molecule has 0 aromatic carbocycles. The van der Waals surface area contributed by atoms with Crippen molar-refractivity contribution in [1.82, 2.24) is 24.6 Å². The normalized spacial score (nSPS) is 24.3. The Morgan fingerprint density at radius 1 is 1.53 bits per heavy atom. The summed E-state index contributed by atoms with van der Waals surface area (Å²) in [6.07, 6.45) is 1.04. The first-order valence-electron chi connectivity index (χ1n) is 8.82. The zero-order valence-corrected chi connectivity index (χ0v) is 16.4. The van der Waals surface area contributed by atoms with Crippen molar-refractivity contribution in [1.29, 1.82) is 0 Å². The number of hydrogen-bond donors (Lipinski definition) is 6. The van der Waals surface area contributed by atoms with Crippen molar-refractivity contribution < 1.29 is 28.6 Å². The average molecular weight is 444 g/mol. The Balaban J connectivity index is 1.53. The lowest BCUT2D eigenvalue weighted by atomic mass is 10.2. The number of carbonyl (C=O) groups is 1. The van der Waals surface area contributed by atoms with Crippen LogP contribution in [-0.2, 0) is 25.0 Å². The molecule has 3 heterocycles. The summed E-state index contributed by atoms with van der Waals surface area (Å²) in [5.41, 5.74) is 4.95. The van der Waals surface area contributed by atoms with Gasteiger partial charge in [0.2, 0.25) is 5.91 Å². The number of amides is 1. The van der Waals surface area contributed by atoms with Gasteiger partial charge in [0, 0.05) is 37.0 Å². The predicted octanol–water partition coefficient (Wildman–Crippen LogP) is -2.29. The number of nitrogens with zero attached hydrogens (tertiary/aromatic N) is 2. The molecule has 1 amide bonds. The van der Waals surface area contributed by atoms with Gasteiger partial charge < -0.3 is 25.5 Å². The van der Waals surface area contributed by atoms with E-state index in [1.54, 1.807) is 0 Å². The highest BCUT2D eigenvalue weighted by Gasteiger charge is 2.37. The Labute approximate surface area is 168 Å². The first-order chi connectivity index (χ1) is 14.1. The molecule has 2 aromatic heterocycles. The Morgan fingerprint density at radius 2 is 2.30 bits per heavy atom. The molecule has 1 fully saturated rings. The van der Waals surface area contributed by atoms with Gasteiger partial charge in [-0.1, -0.05) is 0 Å². The number of aromatic amines is 2. The maximum absolute atomic E-state index is 12.1. The molecule has 30 heavy (non-hydrogen) atoms. The van der Waals surface area contributed by atoms with E-state index in [-0.39, 0.29) is 12.8 Å². The van der Waals surface area contributed by atoms with Crippen LogP contribution < -0.4 is 22.1 Å². The maximum Gasteiger partial charge on any atom is 0.432 e. The predicted molar refractivity (Wildman–Crippen MR) is 100 cm³/mol. The van der Waals surface area contributed by atoms with Crippen LogP contribution in [-0.4, -0.2) is 60.3 Å². The van der Waals surface area contributed by atoms with Crippen molar-refractivity contribution in [2.45, 2.75) is 37.3 Å². The molecule has 164 valence electrons. The molecule has 0 saturated carbocycles. The number of nitrogens with two attached hydrogens (primary N) is 1. The number of aliphatic hydroxyl groups is 1. The summed E-state index contributed by atoms with van der Waals surface area (Å²) in [5.74, 6) is -0.916. The van der Waals surface area contributed by atoms with Gasteiger partial charge in [-0.15, -0.1) is 0 Å². The molecule has 5 atom stereocenters. The highest BCUT2D eigenvalue weighted by atomic mass is 31.2. The third-order valence-corrected chi connectivity index (χ3v) is 5.36. The standard InChI is InChI=1S/C15H21N6O8P/c16-9(3-8-5-17-7-18-8)14(24)20-30(26,27)28-6-11-10(22)4-13(29-11)21-2-1-12(23)19-15(21)25/h1-2,5,7,9-11,13,22H,3-4,6,16H2,(H,17,18)(H,19,23,25)(H2,20,24,26,27)/t9-,10-,11+,13-/m0/s1. The lowest BCUT2D eigenvalue weighted by Gasteiger charge is -2.19. The molecule has 1 unspecified atom stereocenters. The molecule has 3 rings (SSSR count). The number of H-pyrrole nitrogens is 2. The van der Waals surface area contributed by atoms with E-state index in [0.29, 0.717) is 5.69 Å². The summed E-state index contributed by atoms with van der Waals surface area (Å²) in [7, 11) is -4.59. The first-order valence-corrected chi connectivity index (χ1v) is 10.4. The molecule has 1 aliphatic rings. The highest BCUT2D eigenvalue weighted by molar-refractivity contribution is 7.51. The molecular formula is C15H21N6O8P. The van der Waals surface area contributed by atoms with Crippen molar-refractivity contribution >= 4 is 13.7 Å². The zero-order valence-electron chi connectivity index (χ0n) is 15.5. The van der Waals surface area contributed by atoms with Gasteiger partial charge in [-0.25, -0.2) is 14.3 Å². The van der Waals surface area contributed by atoms with Crippen molar-refractivity contribution in [2.75, 3.05) is 6.61 Å². The minimum absolute atomic E-state index is 0.0167. The Kier molecular flexibility index (Phi) is 6.65. The van der Waals surface area contributed by atoms with Crippen LogP contribution in [0.4, 0.5) is 0 Å². The van der Waals surface area contributed by atoms with Crippen LogP contribution in [0.2, 0.25) is 0 Å². The van der Waals surface area contributed by atoms with Gasteiger partial charge in [-0.05, 0) is 0 Å². The highest BCUT2D eigenvalue weighted by Crippen LogP contribution is 2.38. The fourth-order valence-electron chi connectivity index (χ4n) is 2.84. The van der Waals surface area contributed by atoms with Crippen LogP contribution in [0.25, 0.3) is 0 Å². The lowest BCUT2D eigenvalue weighted by molar-refractivity contribution is -0.121. The number of aromatic nitrogens is 4. The van der Waals surface area contributed by atoms with Crippen LogP contribution in [0.3, 0.4) is 0 Å². The molecule has 14 nitrogen and oxygen atoms in total. The average Bonchev–Trinajstić information content (AvgIpc) is 3.29. The van der Waals surface area contributed by atoms with Gasteiger partial charge in [-0.3, -0.25) is 28.8 Å². The van der Waals surface area contributed by atoms with Crippen molar-refractivity contribution in [3.63, 3.8) is 0 Å². The summed E-state index contributed by atoms with van der Waals surface area (Å²) in [4.78, 5) is 53.4. The third kappa shape index (κ3) is 5.50. The minimum atomic E-state index is -4.59. The number of ether oxygens (including phenoxy) is 1. The van der Waals surface area contributed by atoms with Crippen LogP contribution in [0.15, 0.2) is 34.4 Å². The van der Waals surface area contributed by atoms with Gasteiger partial charge in [-0.2, -0.15) is 0 Å². The summed E-state index contributed by atoms with van der Waals surface area (Å²) < 4.78 is 23.5. The molecule has 2 aromatic rings. The number of carbonyl (C=O) groups excluding carboxylic acids is 1. The first kappa shape index (κ1) is 22.1. The molecule has 0 bridgehead atoms. The summed E-state index contributed by atoms with van der Waals surface area (Å²) in [6, 6.07) is -0.00962. The van der Waals surface area contributed by atoms with E-state index >= 15 is 0 Å². The Hall–Kier alpha value is -2.61. The molecular weight excluding hydrogens is 423 g/mol. The van der Waals surface area contributed by atoms with E-state index in [1.165, 1.54) is 18.7 Å². The minimum Gasteiger partial charge on any atom is -0.390 e. The molecule has 1 saturated heterocycles. The fraction of sp³-hybridized carbons (Fsp3) is 0.467. The maximum atomic E-state index is 12.1. The molecule has 7 N–H and O–H groups in total. The number of nitrogens with one attached hydrogen (secondary N) is 3. The third-order valence-electron chi connectivity index (χ3n) is 4.36. The van der Waals surface area contributed by atoms with Crippen LogP contribution in [0.5, 0.6) is 0 Å². The van der Waals surface area contributed by atoms with E-state index in [1.807, 2.05) is 5.09 Å². The molecule has 1 aliphatic heterocycles. The second kappa shape index (κ2) is 9.04. The van der Waals surface area contributed by atoms with Crippen molar-refractivity contribution in [3.8, 4) is 0 Å². The van der Waals surface area contributed by atoms with Gasteiger partial charge in [0.1, 0.15) is 12.3 Å². The quantitative estimate of drug-likeness (QED) is 0.240. The monoisotopic (exact) mass is 444 g/mol. The Morgan fingerprint density at radius 3 is 2.97 bits per heavy atom. The number of imidazole rings is 1. The molecule has 0 radical (unpaired) electrons. The topological polar surface area (TPSA) is 215 Å². The summed E-state index contributed by atoms with van der Waals surface area (Å²) in [5, 5.41) is 11.9. The number of rotatable bonds is 8. The largest absolute Gasteiger partial charge is 0.432 e. The van der Waals surface area contributed by atoms with Gasteiger partial charge >= 0.3 is 13.4 Å². The molecule has 0 spiro atoms. The van der Waals surface area contributed by atoms with Crippen molar-refractivity contribution in [3.05, 3.63) is 51.3 Å². The molecule has 15 heteroatoms. The van der Waals surface area contributed by atoms with E-state index in [0.717, 1.165) is 10.6 Å². The van der Waals surface area contributed by atoms with E-state index in [4.69, 9.17) is 15.0 Å². The van der Waals surface area contributed by atoms with Gasteiger partial charge in [0.05, 0.1) is 25.1 Å². The molecule has 0 aliphatic carbocycles. The zero-order chi connectivity index (χ0) is 21.9. The second-order valence-electron chi connectivity index (χ2n) is 6.63. The number of hydrogen-bond acceptors (Lipinski definition) is 9. The smallest absolute Gasteiger partial charge is 0.390 e. The van der Waals surface area contributed by atoms with Crippen molar-refractivity contribution in [2.24, 2.45) is 5.73 Å². The number of aliphatic hydroxyl groups excluding tert-OH is 1. The van der Waals surface area contributed by atoms with Gasteiger partial charge in [0.25, 0.3) is 5.56 Å².